The minimum atomic E-state index is -1.20. The highest BCUT2D eigenvalue weighted by atomic mass is 16.4. The van der Waals surface area contributed by atoms with Crippen LogP contribution >= 0.6 is 0 Å². The average molecular weight is 678 g/mol. The van der Waals surface area contributed by atoms with Gasteiger partial charge in [-0.3, -0.25) is 24.2 Å². The summed E-state index contributed by atoms with van der Waals surface area (Å²) in [6.07, 6.45) is 2.57. The number of nitrogens with one attached hydrogen (secondary N) is 5. The van der Waals surface area contributed by atoms with Crippen molar-refractivity contribution >= 4 is 46.5 Å². The molecule has 0 aliphatic rings. The van der Waals surface area contributed by atoms with E-state index in [0.717, 1.165) is 22.0 Å². The van der Waals surface area contributed by atoms with Gasteiger partial charge in [-0.2, -0.15) is 0 Å². The fraction of sp³-hybridized carbons (Fsp3) is 0.412. The molecule has 264 valence electrons. The highest BCUT2D eigenvalue weighted by Crippen LogP contribution is 2.19. The molecule has 0 fully saturated rings. The van der Waals surface area contributed by atoms with Crippen LogP contribution in [0, 0.1) is 5.92 Å². The Balaban J connectivity index is 1.76. The number of aliphatic imine (C=N–C) groups is 1. The van der Waals surface area contributed by atoms with Crippen LogP contribution in [0.3, 0.4) is 0 Å². The van der Waals surface area contributed by atoms with Crippen molar-refractivity contribution < 1.29 is 29.1 Å². The Kier molecular flexibility index (Phi) is 14.6. The molecule has 4 amide bonds. The lowest BCUT2D eigenvalue weighted by Crippen LogP contribution is -2.57. The van der Waals surface area contributed by atoms with Crippen molar-refractivity contribution in [2.75, 3.05) is 13.1 Å². The molecule has 3 aromatic rings. The van der Waals surface area contributed by atoms with Crippen LogP contribution in [0.2, 0.25) is 0 Å². The van der Waals surface area contributed by atoms with Crippen LogP contribution in [0.4, 0.5) is 0 Å². The number of benzene rings is 2. The number of aromatic nitrogens is 1. The van der Waals surface area contributed by atoms with Gasteiger partial charge >= 0.3 is 5.97 Å². The summed E-state index contributed by atoms with van der Waals surface area (Å²) >= 11 is 0. The number of rotatable bonds is 19. The third kappa shape index (κ3) is 12.6. The van der Waals surface area contributed by atoms with Crippen molar-refractivity contribution in [1.29, 1.82) is 0 Å². The summed E-state index contributed by atoms with van der Waals surface area (Å²) in [5, 5.41) is 21.0. The molecular formula is C34H47N9O6. The van der Waals surface area contributed by atoms with Crippen molar-refractivity contribution in [3.8, 4) is 0 Å². The molecule has 12 N–H and O–H groups in total. The second-order valence-electron chi connectivity index (χ2n) is 12.2. The summed E-state index contributed by atoms with van der Waals surface area (Å²) in [5.41, 5.74) is 19.3. The molecule has 15 heteroatoms. The molecule has 0 saturated carbocycles. The van der Waals surface area contributed by atoms with Crippen molar-refractivity contribution in [3.63, 3.8) is 0 Å². The van der Waals surface area contributed by atoms with Gasteiger partial charge in [0.15, 0.2) is 5.96 Å². The van der Waals surface area contributed by atoms with Crippen LogP contribution in [0.25, 0.3) is 10.9 Å². The maximum absolute atomic E-state index is 13.7. The molecule has 0 aliphatic heterocycles. The fourth-order valence-corrected chi connectivity index (χ4v) is 5.24. The van der Waals surface area contributed by atoms with Crippen LogP contribution in [-0.2, 0) is 36.8 Å². The van der Waals surface area contributed by atoms with Crippen LogP contribution in [0.1, 0.15) is 44.2 Å². The number of amides is 4. The Labute approximate surface area is 284 Å². The molecular weight excluding hydrogens is 630 g/mol. The molecule has 0 aliphatic carbocycles. The first-order chi connectivity index (χ1) is 23.3. The van der Waals surface area contributed by atoms with Gasteiger partial charge in [-0.25, -0.2) is 4.79 Å². The second kappa shape index (κ2) is 18.8. The number of fused-ring (bicyclic) bond motifs is 1. The van der Waals surface area contributed by atoms with E-state index in [1.807, 2.05) is 68.4 Å². The van der Waals surface area contributed by atoms with E-state index < -0.39 is 60.3 Å². The number of guanidine groups is 1. The number of aromatic amines is 1. The van der Waals surface area contributed by atoms with Crippen molar-refractivity contribution in [1.82, 2.24) is 26.3 Å². The van der Waals surface area contributed by atoms with Crippen LogP contribution in [0.15, 0.2) is 65.8 Å². The van der Waals surface area contributed by atoms with E-state index in [9.17, 15) is 29.1 Å². The Morgan fingerprint density at radius 3 is 2.16 bits per heavy atom. The summed E-state index contributed by atoms with van der Waals surface area (Å²) in [6.45, 7) is 3.39. The Morgan fingerprint density at radius 2 is 1.49 bits per heavy atom. The average Bonchev–Trinajstić information content (AvgIpc) is 3.46. The zero-order valence-corrected chi connectivity index (χ0v) is 27.8. The molecule has 1 aromatic heterocycles. The predicted molar refractivity (Wildman–Crippen MR) is 186 cm³/mol. The van der Waals surface area contributed by atoms with Gasteiger partial charge in [0.2, 0.25) is 23.6 Å². The maximum atomic E-state index is 13.7. The predicted octanol–water partition coefficient (Wildman–Crippen LogP) is 0.0353. The normalized spacial score (nSPS) is 13.5. The summed E-state index contributed by atoms with van der Waals surface area (Å²) in [6, 6.07) is 12.2. The summed E-state index contributed by atoms with van der Waals surface area (Å²) in [5.74, 6) is -3.96. The minimum Gasteiger partial charge on any atom is -0.480 e. The monoisotopic (exact) mass is 677 g/mol. The Bertz CT molecular complexity index is 1600. The van der Waals surface area contributed by atoms with E-state index in [1.165, 1.54) is 0 Å². The smallest absolute Gasteiger partial charge is 0.326 e. The van der Waals surface area contributed by atoms with E-state index >= 15 is 0 Å². The number of nitrogens with two attached hydrogens (primary N) is 3. The molecule has 0 unspecified atom stereocenters. The van der Waals surface area contributed by atoms with Gasteiger partial charge in [0.1, 0.15) is 18.1 Å². The number of carbonyl (C=O) groups excluding carboxylic acids is 4. The van der Waals surface area contributed by atoms with Crippen molar-refractivity contribution in [2.45, 2.75) is 70.1 Å². The standard InChI is InChI=1S/C34H47N9O6/c1-20(2)15-28(33(48)49)43-32(47)27(17-22-18-39-25-12-7-6-11-23(22)25)42-31(46)26(13-8-14-38-34(36)37)41-29(44)19-40-30(45)24(35)16-21-9-4-3-5-10-21/h3-7,9-12,18,20,24,26-28,39H,8,13-17,19,35H2,1-2H3,(H,40,45)(H,41,44)(H,42,46)(H,43,47)(H,48,49)(H4,36,37,38)/t24-,26-,27-,28-/m0/s1. The third-order valence-electron chi connectivity index (χ3n) is 7.71. The molecule has 3 rings (SSSR count). The zero-order chi connectivity index (χ0) is 35.9. The summed E-state index contributed by atoms with van der Waals surface area (Å²) in [7, 11) is 0. The highest BCUT2D eigenvalue weighted by Gasteiger charge is 2.31. The first kappa shape index (κ1) is 38.0. The SMILES string of the molecule is CC(C)C[C@H](NC(=O)[C@H](Cc1c[nH]c2ccccc12)NC(=O)[C@H](CCCN=C(N)N)NC(=O)CNC(=O)[C@@H](N)Cc1ccccc1)C(=O)O. The van der Waals surface area contributed by atoms with Gasteiger partial charge in [0.25, 0.3) is 0 Å². The molecule has 15 nitrogen and oxygen atoms in total. The van der Waals surface area contributed by atoms with E-state index in [4.69, 9.17) is 17.2 Å². The van der Waals surface area contributed by atoms with Gasteiger partial charge in [-0.1, -0.05) is 62.4 Å². The number of hydrogen-bond donors (Lipinski definition) is 9. The zero-order valence-electron chi connectivity index (χ0n) is 27.8. The van der Waals surface area contributed by atoms with E-state index in [-0.39, 0.29) is 44.1 Å². The Hall–Kier alpha value is -5.44. The molecule has 4 atom stereocenters. The van der Waals surface area contributed by atoms with Crippen molar-refractivity contribution in [3.05, 3.63) is 71.9 Å². The maximum Gasteiger partial charge on any atom is 0.326 e. The largest absolute Gasteiger partial charge is 0.480 e. The van der Waals surface area contributed by atoms with Crippen LogP contribution in [0.5, 0.6) is 0 Å². The second-order valence-corrected chi connectivity index (χ2v) is 12.2. The quantitative estimate of drug-likeness (QED) is 0.0470. The van der Waals surface area contributed by atoms with E-state index in [2.05, 4.69) is 31.2 Å². The number of H-pyrrole nitrogens is 1. The molecule has 0 spiro atoms. The number of carbonyl (C=O) groups is 5. The van der Waals surface area contributed by atoms with Crippen LogP contribution in [-0.4, -0.2) is 82.9 Å². The number of hydrogen-bond acceptors (Lipinski definition) is 7. The van der Waals surface area contributed by atoms with Gasteiger partial charge in [0, 0.05) is 30.1 Å². The molecule has 49 heavy (non-hydrogen) atoms. The first-order valence-electron chi connectivity index (χ1n) is 16.1. The van der Waals surface area contributed by atoms with Crippen LogP contribution < -0.4 is 38.5 Å². The number of nitrogens with zero attached hydrogens (tertiary/aromatic N) is 1. The van der Waals surface area contributed by atoms with E-state index in [1.54, 1.807) is 6.20 Å². The number of aliphatic carboxylic acids is 1. The molecule has 2 aromatic carbocycles. The lowest BCUT2D eigenvalue weighted by atomic mass is 10.0. The Morgan fingerprint density at radius 1 is 0.837 bits per heavy atom. The first-order valence-corrected chi connectivity index (χ1v) is 16.1. The van der Waals surface area contributed by atoms with Gasteiger partial charge in [0.05, 0.1) is 12.6 Å². The molecule has 1 heterocycles. The highest BCUT2D eigenvalue weighted by molar-refractivity contribution is 5.95. The van der Waals surface area contributed by atoms with Crippen molar-refractivity contribution in [2.24, 2.45) is 28.1 Å². The van der Waals surface area contributed by atoms with E-state index in [0.29, 0.717) is 6.42 Å². The van der Waals surface area contributed by atoms with Gasteiger partial charge in [-0.15, -0.1) is 0 Å². The lowest BCUT2D eigenvalue weighted by Gasteiger charge is -2.25. The van der Waals surface area contributed by atoms with Gasteiger partial charge in [-0.05, 0) is 48.8 Å². The molecule has 0 saturated heterocycles. The summed E-state index contributed by atoms with van der Waals surface area (Å²) in [4.78, 5) is 71.9. The lowest BCUT2D eigenvalue weighted by molar-refractivity contribution is -0.142. The number of carboxylic acid groups (broad SMARTS) is 1. The van der Waals surface area contributed by atoms with Gasteiger partial charge < -0.3 is 48.6 Å². The molecule has 0 bridgehead atoms. The third-order valence-corrected chi connectivity index (χ3v) is 7.71. The molecule has 0 radical (unpaired) electrons. The topological polar surface area (TPSA) is 260 Å². The minimum absolute atomic E-state index is 0.0266. The number of para-hydroxylation sites is 1. The fourth-order valence-electron chi connectivity index (χ4n) is 5.24. The number of carboxylic acids is 1. The summed E-state index contributed by atoms with van der Waals surface area (Å²) < 4.78 is 0.